The predicted octanol–water partition coefficient (Wildman–Crippen LogP) is 3.41. The summed E-state index contributed by atoms with van der Waals surface area (Å²) in [5, 5.41) is 7.51. The molecule has 0 saturated carbocycles. The Balaban J connectivity index is 1.83. The summed E-state index contributed by atoms with van der Waals surface area (Å²) in [7, 11) is 0. The summed E-state index contributed by atoms with van der Waals surface area (Å²) in [6.45, 7) is 8.51. The van der Waals surface area contributed by atoms with E-state index >= 15 is 0 Å². The largest absolute Gasteiger partial charge is 0.334 e. The molecule has 0 radical (unpaired) electrons. The lowest BCUT2D eigenvalue weighted by Crippen LogP contribution is -2.24. The molecule has 0 atom stereocenters. The van der Waals surface area contributed by atoms with Crippen LogP contribution in [0.5, 0.6) is 0 Å². The van der Waals surface area contributed by atoms with Crippen LogP contribution in [0.25, 0.3) is 11.5 Å². The first-order valence-corrected chi connectivity index (χ1v) is 8.30. The summed E-state index contributed by atoms with van der Waals surface area (Å²) in [4.78, 5) is 4.57. The highest BCUT2D eigenvalue weighted by molar-refractivity contribution is 7.99. The number of hydrogen-bond acceptors (Lipinski definition) is 5. The van der Waals surface area contributed by atoms with Gasteiger partial charge in [-0.2, -0.15) is 4.98 Å². The van der Waals surface area contributed by atoms with Crippen molar-refractivity contribution < 1.29 is 4.52 Å². The zero-order chi connectivity index (χ0) is 14.9. The van der Waals surface area contributed by atoms with E-state index in [1.165, 1.54) is 11.1 Å². The molecule has 1 N–H and O–H groups in total. The summed E-state index contributed by atoms with van der Waals surface area (Å²) in [5.74, 6) is 2.21. The van der Waals surface area contributed by atoms with Crippen LogP contribution in [-0.4, -0.2) is 21.4 Å². The third-order valence-corrected chi connectivity index (χ3v) is 4.74. The molecule has 0 bridgehead atoms. The molecule has 21 heavy (non-hydrogen) atoms. The van der Waals surface area contributed by atoms with E-state index in [-0.39, 0.29) is 4.75 Å². The highest BCUT2D eigenvalue weighted by atomic mass is 32.2. The Labute approximate surface area is 129 Å². The minimum atomic E-state index is 0.207. The van der Waals surface area contributed by atoms with Gasteiger partial charge in [0.1, 0.15) is 0 Å². The van der Waals surface area contributed by atoms with Gasteiger partial charge in [-0.05, 0) is 30.2 Å². The van der Waals surface area contributed by atoms with Crippen LogP contribution < -0.4 is 5.32 Å². The predicted molar refractivity (Wildman–Crippen MR) is 86.2 cm³/mol. The maximum atomic E-state index is 5.49. The van der Waals surface area contributed by atoms with Crippen molar-refractivity contribution in [3.05, 3.63) is 35.2 Å². The van der Waals surface area contributed by atoms with E-state index in [9.17, 15) is 0 Å². The van der Waals surface area contributed by atoms with Gasteiger partial charge in [0.2, 0.25) is 0 Å². The van der Waals surface area contributed by atoms with Crippen LogP contribution in [-0.2, 0) is 18.7 Å². The fraction of sp³-hybridized carbons (Fsp3) is 0.500. The Morgan fingerprint density at radius 1 is 1.33 bits per heavy atom. The molecule has 2 heterocycles. The number of thioether (sulfide) groups is 1. The molecule has 1 aromatic heterocycles. The van der Waals surface area contributed by atoms with Gasteiger partial charge in [-0.25, -0.2) is 0 Å². The van der Waals surface area contributed by atoms with Crippen molar-refractivity contribution in [3.63, 3.8) is 0 Å². The molecule has 112 valence electrons. The molecule has 2 aromatic rings. The summed E-state index contributed by atoms with van der Waals surface area (Å²) in [6.07, 6.45) is 1.01. The first kappa shape index (κ1) is 14.6. The molecule has 4 nitrogen and oxygen atoms in total. The zero-order valence-electron chi connectivity index (χ0n) is 12.8. The second-order valence-corrected chi connectivity index (χ2v) is 8.09. The number of benzene rings is 1. The molecule has 0 amide bonds. The number of nitrogens with one attached hydrogen (secondary N) is 1. The number of hydrogen-bond donors (Lipinski definition) is 1. The van der Waals surface area contributed by atoms with Crippen molar-refractivity contribution in [2.45, 2.75) is 44.2 Å². The van der Waals surface area contributed by atoms with Crippen molar-refractivity contribution in [1.29, 1.82) is 0 Å². The van der Waals surface area contributed by atoms with E-state index in [0.717, 1.165) is 36.7 Å². The van der Waals surface area contributed by atoms with Crippen LogP contribution >= 0.6 is 11.8 Å². The normalized spacial score (nSPS) is 15.0. The number of rotatable bonds is 3. The molecule has 1 aliphatic rings. The summed E-state index contributed by atoms with van der Waals surface area (Å²) in [6, 6.07) is 6.31. The maximum Gasteiger partial charge on any atom is 0.258 e. The molecule has 0 unspecified atom stereocenters. The number of fused-ring (bicyclic) bond motifs is 1. The molecule has 0 aliphatic carbocycles. The molecular weight excluding hydrogens is 282 g/mol. The van der Waals surface area contributed by atoms with Crippen molar-refractivity contribution in [2.24, 2.45) is 0 Å². The van der Waals surface area contributed by atoms with E-state index in [1.54, 1.807) is 0 Å². The van der Waals surface area contributed by atoms with Crippen LogP contribution in [0, 0.1) is 0 Å². The molecule has 5 heteroatoms. The third kappa shape index (κ3) is 3.47. The Morgan fingerprint density at radius 3 is 3.00 bits per heavy atom. The molecule has 1 aliphatic heterocycles. The van der Waals surface area contributed by atoms with Gasteiger partial charge in [-0.1, -0.05) is 38.1 Å². The van der Waals surface area contributed by atoms with Gasteiger partial charge in [-0.3, -0.25) is 0 Å². The number of aromatic nitrogens is 2. The molecule has 0 fully saturated rings. The molecule has 3 rings (SSSR count). The van der Waals surface area contributed by atoms with E-state index < -0.39 is 0 Å². The van der Waals surface area contributed by atoms with Gasteiger partial charge >= 0.3 is 0 Å². The van der Waals surface area contributed by atoms with Gasteiger partial charge in [0, 0.05) is 16.9 Å². The van der Waals surface area contributed by atoms with Gasteiger partial charge in [-0.15, -0.1) is 11.8 Å². The lowest BCUT2D eigenvalue weighted by molar-refractivity contribution is 0.424. The molecular formula is C16H21N3OS. The van der Waals surface area contributed by atoms with E-state index in [4.69, 9.17) is 4.52 Å². The SMILES string of the molecule is CC(C)(C)SCc1noc(-c2cccc3c2CCNC3)n1. The zero-order valence-corrected chi connectivity index (χ0v) is 13.6. The van der Waals surface area contributed by atoms with Crippen LogP contribution in [0.4, 0.5) is 0 Å². The first-order chi connectivity index (χ1) is 10.0. The van der Waals surface area contributed by atoms with Crippen LogP contribution in [0.2, 0.25) is 0 Å². The fourth-order valence-corrected chi connectivity index (χ4v) is 3.11. The Morgan fingerprint density at radius 2 is 2.19 bits per heavy atom. The van der Waals surface area contributed by atoms with E-state index in [1.807, 2.05) is 11.8 Å². The maximum absolute atomic E-state index is 5.49. The van der Waals surface area contributed by atoms with Crippen molar-refractivity contribution in [1.82, 2.24) is 15.5 Å². The van der Waals surface area contributed by atoms with Gasteiger partial charge in [0.05, 0.1) is 5.75 Å². The highest BCUT2D eigenvalue weighted by Gasteiger charge is 2.19. The fourth-order valence-electron chi connectivity index (χ4n) is 2.44. The van der Waals surface area contributed by atoms with Crippen molar-refractivity contribution in [2.75, 3.05) is 6.54 Å². The van der Waals surface area contributed by atoms with Gasteiger partial charge in [0.15, 0.2) is 5.82 Å². The Kier molecular flexibility index (Phi) is 4.04. The summed E-state index contributed by atoms with van der Waals surface area (Å²) in [5.41, 5.74) is 3.77. The number of nitrogens with zero attached hydrogens (tertiary/aromatic N) is 2. The van der Waals surface area contributed by atoms with Crippen LogP contribution in [0.15, 0.2) is 22.7 Å². The minimum Gasteiger partial charge on any atom is -0.334 e. The molecule has 0 saturated heterocycles. The standard InChI is InChI=1S/C16H21N3OS/c1-16(2,3)21-10-14-18-15(20-19-14)13-6-4-5-11-9-17-8-7-12(11)13/h4-6,17H,7-10H2,1-3H3. The quantitative estimate of drug-likeness (QED) is 0.941. The van der Waals surface area contributed by atoms with Gasteiger partial charge in [0.25, 0.3) is 5.89 Å². The van der Waals surface area contributed by atoms with Crippen molar-refractivity contribution >= 4 is 11.8 Å². The minimum absolute atomic E-state index is 0.207. The Hall–Kier alpha value is -1.33. The second kappa shape index (κ2) is 5.81. The van der Waals surface area contributed by atoms with Crippen LogP contribution in [0.3, 0.4) is 0 Å². The average molecular weight is 303 g/mol. The van der Waals surface area contributed by atoms with Crippen LogP contribution in [0.1, 0.15) is 37.7 Å². The smallest absolute Gasteiger partial charge is 0.258 e. The van der Waals surface area contributed by atoms with Crippen molar-refractivity contribution in [3.8, 4) is 11.5 Å². The lowest BCUT2D eigenvalue weighted by atomic mass is 9.95. The first-order valence-electron chi connectivity index (χ1n) is 7.31. The monoisotopic (exact) mass is 303 g/mol. The van der Waals surface area contributed by atoms with E-state index in [2.05, 4.69) is 54.4 Å². The van der Waals surface area contributed by atoms with E-state index in [0.29, 0.717) is 5.89 Å². The average Bonchev–Trinajstić information content (AvgIpc) is 2.92. The topological polar surface area (TPSA) is 51.0 Å². The lowest BCUT2D eigenvalue weighted by Gasteiger charge is -2.18. The van der Waals surface area contributed by atoms with Gasteiger partial charge < -0.3 is 9.84 Å². The summed E-state index contributed by atoms with van der Waals surface area (Å²) < 4.78 is 5.69. The Bertz CT molecular complexity index is 631. The summed E-state index contributed by atoms with van der Waals surface area (Å²) >= 11 is 1.83. The second-order valence-electron chi connectivity index (χ2n) is 6.29. The highest BCUT2D eigenvalue weighted by Crippen LogP contribution is 2.29. The molecule has 1 aromatic carbocycles. The third-order valence-electron chi connectivity index (χ3n) is 3.47. The molecule has 0 spiro atoms.